The highest BCUT2D eigenvalue weighted by atomic mass is 35.5. The van der Waals surface area contributed by atoms with Crippen LogP contribution in [0.3, 0.4) is 0 Å². The van der Waals surface area contributed by atoms with Gasteiger partial charge < -0.3 is 4.74 Å². The lowest BCUT2D eigenvalue weighted by atomic mass is 9.55. The summed E-state index contributed by atoms with van der Waals surface area (Å²) in [6.45, 7) is 3.43. The minimum Gasteiger partial charge on any atom is -0.458 e. The summed E-state index contributed by atoms with van der Waals surface area (Å²) < 4.78 is 5.52. The zero-order chi connectivity index (χ0) is 11.3. The molecule has 88 valence electrons. The summed E-state index contributed by atoms with van der Waals surface area (Å²) in [7, 11) is 0. The molecule has 4 rings (SSSR count). The number of hydrogen-bond acceptors (Lipinski definition) is 2. The van der Waals surface area contributed by atoms with E-state index in [0.717, 1.165) is 11.8 Å². The number of rotatable bonds is 2. The molecule has 4 aliphatic rings. The fraction of sp³-hybridized carbons (Fsp3) is 0.769. The molecule has 0 radical (unpaired) electrons. The van der Waals surface area contributed by atoms with E-state index in [1.54, 1.807) is 0 Å². The maximum Gasteiger partial charge on any atom is 0.349 e. The monoisotopic (exact) mass is 240 g/mol. The largest absolute Gasteiger partial charge is 0.458 e. The van der Waals surface area contributed by atoms with Gasteiger partial charge in [0.2, 0.25) is 0 Å². The third-order valence-corrected chi connectivity index (χ3v) is 4.76. The molecule has 4 bridgehead atoms. The van der Waals surface area contributed by atoms with Gasteiger partial charge in [-0.3, -0.25) is 0 Å². The summed E-state index contributed by atoms with van der Waals surface area (Å²) >= 11 is 5.57. The van der Waals surface area contributed by atoms with Crippen LogP contribution in [0.1, 0.15) is 32.1 Å². The van der Waals surface area contributed by atoms with E-state index >= 15 is 0 Å². The Morgan fingerprint density at radius 3 is 2.00 bits per heavy atom. The molecule has 4 aliphatic carbocycles. The summed E-state index contributed by atoms with van der Waals surface area (Å²) in [5.41, 5.74) is 0. The van der Waals surface area contributed by atoms with Crippen molar-refractivity contribution >= 4 is 17.6 Å². The fourth-order valence-corrected chi connectivity index (χ4v) is 4.30. The van der Waals surface area contributed by atoms with Crippen molar-refractivity contribution in [3.05, 3.63) is 11.6 Å². The molecule has 0 aromatic carbocycles. The van der Waals surface area contributed by atoms with Gasteiger partial charge in [-0.1, -0.05) is 18.2 Å². The Morgan fingerprint density at radius 2 is 1.56 bits per heavy atom. The molecule has 0 unspecified atom stereocenters. The van der Waals surface area contributed by atoms with Crippen molar-refractivity contribution < 1.29 is 9.53 Å². The molecular weight excluding hydrogens is 224 g/mol. The molecule has 0 saturated heterocycles. The zero-order valence-electron chi connectivity index (χ0n) is 9.32. The number of hydrogen-bond donors (Lipinski definition) is 0. The topological polar surface area (TPSA) is 26.3 Å². The maximum absolute atomic E-state index is 11.5. The predicted molar refractivity (Wildman–Crippen MR) is 61.9 cm³/mol. The Bertz CT molecular complexity index is 309. The highest BCUT2D eigenvalue weighted by Gasteiger charge is 2.49. The molecule has 16 heavy (non-hydrogen) atoms. The molecule has 0 spiro atoms. The van der Waals surface area contributed by atoms with Crippen molar-refractivity contribution in [3.63, 3.8) is 0 Å². The summed E-state index contributed by atoms with van der Waals surface area (Å²) in [5.74, 6) is 2.57. The van der Waals surface area contributed by atoms with Crippen LogP contribution >= 0.6 is 11.6 Å². The van der Waals surface area contributed by atoms with Gasteiger partial charge in [0.15, 0.2) is 0 Å². The number of halogens is 1. The third-order valence-electron chi connectivity index (χ3n) is 4.60. The van der Waals surface area contributed by atoms with Crippen LogP contribution < -0.4 is 0 Å². The first-order valence-electron chi connectivity index (χ1n) is 6.19. The van der Waals surface area contributed by atoms with Crippen molar-refractivity contribution in [1.82, 2.24) is 0 Å². The van der Waals surface area contributed by atoms with Gasteiger partial charge in [-0.25, -0.2) is 4.79 Å². The van der Waals surface area contributed by atoms with Gasteiger partial charge in [0.05, 0.1) is 0 Å². The van der Waals surface area contributed by atoms with Crippen molar-refractivity contribution in [2.45, 2.75) is 38.2 Å². The highest BCUT2D eigenvalue weighted by Crippen LogP contribution is 2.54. The summed E-state index contributed by atoms with van der Waals surface area (Å²) in [6.07, 6.45) is 6.53. The third kappa shape index (κ3) is 1.67. The van der Waals surface area contributed by atoms with Gasteiger partial charge in [-0.15, -0.1) is 0 Å². The number of carbonyl (C=O) groups excluding carboxylic acids is 1. The lowest BCUT2D eigenvalue weighted by molar-refractivity contribution is -0.165. The SMILES string of the molecule is C=C(Cl)C(=O)OC1C2CC3CC(C2)CC1C3. The Morgan fingerprint density at radius 1 is 1.06 bits per heavy atom. The van der Waals surface area contributed by atoms with Crippen molar-refractivity contribution in [1.29, 1.82) is 0 Å². The van der Waals surface area contributed by atoms with E-state index in [-0.39, 0.29) is 11.1 Å². The van der Waals surface area contributed by atoms with E-state index in [9.17, 15) is 4.79 Å². The van der Waals surface area contributed by atoms with E-state index in [2.05, 4.69) is 6.58 Å². The molecule has 4 fully saturated rings. The molecule has 4 saturated carbocycles. The second kappa shape index (κ2) is 3.76. The van der Waals surface area contributed by atoms with Crippen LogP contribution in [0.15, 0.2) is 11.6 Å². The molecular formula is C13H17ClO2. The lowest BCUT2D eigenvalue weighted by Crippen LogP contribution is -2.50. The molecule has 0 amide bonds. The molecule has 0 heterocycles. The summed E-state index contributed by atoms with van der Waals surface area (Å²) in [6, 6.07) is 0. The number of esters is 1. The van der Waals surface area contributed by atoms with Crippen LogP contribution in [0.5, 0.6) is 0 Å². The summed E-state index contributed by atoms with van der Waals surface area (Å²) in [5, 5.41) is 0.00815. The first kappa shape index (κ1) is 10.6. The van der Waals surface area contributed by atoms with Crippen LogP contribution in [0.2, 0.25) is 0 Å². The van der Waals surface area contributed by atoms with E-state index in [1.807, 2.05) is 0 Å². The quantitative estimate of drug-likeness (QED) is 0.548. The molecule has 0 aromatic rings. The fourth-order valence-electron chi connectivity index (χ4n) is 4.26. The molecule has 0 atom stereocenters. The first-order valence-corrected chi connectivity index (χ1v) is 6.56. The van der Waals surface area contributed by atoms with E-state index in [4.69, 9.17) is 16.3 Å². The second-order valence-electron chi connectivity index (χ2n) is 5.71. The van der Waals surface area contributed by atoms with Gasteiger partial charge in [-0.2, -0.15) is 0 Å². The summed E-state index contributed by atoms with van der Waals surface area (Å²) in [4.78, 5) is 11.5. The molecule has 0 aliphatic heterocycles. The van der Waals surface area contributed by atoms with Gasteiger partial charge in [-0.05, 0) is 55.8 Å². The van der Waals surface area contributed by atoms with Crippen LogP contribution in [0, 0.1) is 23.7 Å². The van der Waals surface area contributed by atoms with Crippen LogP contribution in [-0.2, 0) is 9.53 Å². The van der Waals surface area contributed by atoms with E-state index in [0.29, 0.717) is 11.8 Å². The number of ether oxygens (including phenoxy) is 1. The molecule has 0 aromatic heterocycles. The average Bonchev–Trinajstić information content (AvgIpc) is 2.21. The van der Waals surface area contributed by atoms with Gasteiger partial charge in [0.25, 0.3) is 0 Å². The molecule has 2 nitrogen and oxygen atoms in total. The predicted octanol–water partition coefficient (Wildman–Crippen LogP) is 3.11. The second-order valence-corrected chi connectivity index (χ2v) is 6.16. The van der Waals surface area contributed by atoms with Crippen molar-refractivity contribution in [2.24, 2.45) is 23.7 Å². The smallest absolute Gasteiger partial charge is 0.349 e. The van der Waals surface area contributed by atoms with Crippen LogP contribution in [0.4, 0.5) is 0 Å². The molecule has 3 heteroatoms. The minimum atomic E-state index is -0.417. The highest BCUT2D eigenvalue weighted by molar-refractivity contribution is 6.40. The van der Waals surface area contributed by atoms with Crippen LogP contribution in [-0.4, -0.2) is 12.1 Å². The normalized spacial score (nSPS) is 44.4. The maximum atomic E-state index is 11.5. The van der Waals surface area contributed by atoms with Gasteiger partial charge in [0.1, 0.15) is 11.1 Å². The van der Waals surface area contributed by atoms with Crippen LogP contribution in [0.25, 0.3) is 0 Å². The Labute approximate surface area is 101 Å². The van der Waals surface area contributed by atoms with E-state index < -0.39 is 5.97 Å². The van der Waals surface area contributed by atoms with Crippen molar-refractivity contribution in [3.8, 4) is 0 Å². The lowest BCUT2D eigenvalue weighted by Gasteiger charge is -2.53. The standard InChI is InChI=1S/C13H17ClO2/c1-7(14)13(15)16-12-10-3-8-2-9(5-10)6-11(12)4-8/h8-12H,1-6H2. The van der Waals surface area contributed by atoms with Gasteiger partial charge >= 0.3 is 5.97 Å². The Kier molecular flexibility index (Phi) is 2.50. The zero-order valence-corrected chi connectivity index (χ0v) is 10.1. The first-order chi connectivity index (χ1) is 7.63. The minimum absolute atomic E-state index is 0.00815. The van der Waals surface area contributed by atoms with Crippen molar-refractivity contribution in [2.75, 3.05) is 0 Å². The Hall–Kier alpha value is -0.500. The molecule has 0 N–H and O–H groups in total. The van der Waals surface area contributed by atoms with Gasteiger partial charge in [0, 0.05) is 0 Å². The number of carbonyl (C=O) groups is 1. The van der Waals surface area contributed by atoms with E-state index in [1.165, 1.54) is 32.1 Å². The average molecular weight is 241 g/mol. The Balaban J connectivity index is 1.72.